The summed E-state index contributed by atoms with van der Waals surface area (Å²) in [5.41, 5.74) is 6.65. The van der Waals surface area contributed by atoms with E-state index in [2.05, 4.69) is 4.98 Å². The van der Waals surface area contributed by atoms with E-state index in [1.165, 1.54) is 0 Å². The number of pyridine rings is 1. The molecule has 3 heteroatoms. The molecule has 0 spiro atoms. The van der Waals surface area contributed by atoms with Crippen LogP contribution in [0.5, 0.6) is 0 Å². The maximum absolute atomic E-state index is 10.7. The standard InChI is InChI=1S/C15H18N2O/c16-10-15(6-3-7-15)14(18)13-9-17-8-11-4-1-2-5-12(11)13/h1-2,4-5,8-9,14,18H,3,6-7,10,16H2. The van der Waals surface area contributed by atoms with Crippen LogP contribution in [0, 0.1) is 5.41 Å². The summed E-state index contributed by atoms with van der Waals surface area (Å²) in [6.45, 7) is 0.539. The molecule has 1 fully saturated rings. The van der Waals surface area contributed by atoms with Crippen LogP contribution in [0.2, 0.25) is 0 Å². The van der Waals surface area contributed by atoms with Crippen molar-refractivity contribution in [2.24, 2.45) is 11.1 Å². The minimum atomic E-state index is -0.505. The fourth-order valence-electron chi connectivity index (χ4n) is 2.91. The summed E-state index contributed by atoms with van der Waals surface area (Å²) in [7, 11) is 0. The zero-order valence-electron chi connectivity index (χ0n) is 10.3. The van der Waals surface area contributed by atoms with E-state index in [0.717, 1.165) is 35.6 Å². The van der Waals surface area contributed by atoms with Crippen molar-refractivity contribution in [3.63, 3.8) is 0 Å². The highest BCUT2D eigenvalue weighted by Crippen LogP contribution is 2.50. The molecular formula is C15H18N2O. The highest BCUT2D eigenvalue weighted by Gasteiger charge is 2.43. The Bertz CT molecular complexity index is 552. The van der Waals surface area contributed by atoms with Gasteiger partial charge in [-0.25, -0.2) is 0 Å². The Hall–Kier alpha value is -1.45. The van der Waals surface area contributed by atoms with E-state index in [9.17, 15) is 5.11 Å². The molecule has 18 heavy (non-hydrogen) atoms. The van der Waals surface area contributed by atoms with Gasteiger partial charge in [-0.2, -0.15) is 0 Å². The minimum absolute atomic E-state index is 0.133. The van der Waals surface area contributed by atoms with Gasteiger partial charge in [0.15, 0.2) is 0 Å². The van der Waals surface area contributed by atoms with Gasteiger partial charge in [-0.05, 0) is 18.2 Å². The molecule has 1 unspecified atom stereocenters. The van der Waals surface area contributed by atoms with Crippen LogP contribution in [0.25, 0.3) is 10.8 Å². The first kappa shape index (κ1) is 11.6. The average molecular weight is 242 g/mol. The molecule has 1 aromatic carbocycles. The van der Waals surface area contributed by atoms with Crippen molar-refractivity contribution < 1.29 is 5.11 Å². The molecule has 0 radical (unpaired) electrons. The largest absolute Gasteiger partial charge is 0.388 e. The summed E-state index contributed by atoms with van der Waals surface area (Å²) < 4.78 is 0. The Balaban J connectivity index is 2.09. The predicted octanol–water partition coefficient (Wildman–Crippen LogP) is 2.40. The number of rotatable bonds is 3. The van der Waals surface area contributed by atoms with Crippen molar-refractivity contribution in [3.8, 4) is 0 Å². The molecule has 1 heterocycles. The molecule has 0 saturated heterocycles. The molecule has 3 N–H and O–H groups in total. The van der Waals surface area contributed by atoms with Gasteiger partial charge in [-0.3, -0.25) is 4.98 Å². The maximum atomic E-state index is 10.7. The summed E-state index contributed by atoms with van der Waals surface area (Å²) in [5, 5.41) is 12.8. The summed E-state index contributed by atoms with van der Waals surface area (Å²) in [5.74, 6) is 0. The SMILES string of the molecule is NCC1(C(O)c2cncc3ccccc23)CCC1. The quantitative estimate of drug-likeness (QED) is 0.869. The summed E-state index contributed by atoms with van der Waals surface area (Å²) in [6, 6.07) is 8.05. The number of aliphatic hydroxyl groups excluding tert-OH is 1. The molecule has 3 rings (SSSR count). The van der Waals surface area contributed by atoms with Gasteiger partial charge >= 0.3 is 0 Å². The summed E-state index contributed by atoms with van der Waals surface area (Å²) >= 11 is 0. The second-order valence-corrected chi connectivity index (χ2v) is 5.27. The number of aromatic nitrogens is 1. The van der Waals surface area contributed by atoms with Crippen molar-refractivity contribution in [2.45, 2.75) is 25.4 Å². The van der Waals surface area contributed by atoms with Crippen LogP contribution >= 0.6 is 0 Å². The molecule has 0 aliphatic heterocycles. The number of fused-ring (bicyclic) bond motifs is 1. The average Bonchev–Trinajstić information content (AvgIpc) is 2.37. The smallest absolute Gasteiger partial charge is 0.0879 e. The lowest BCUT2D eigenvalue weighted by Crippen LogP contribution is -2.42. The van der Waals surface area contributed by atoms with E-state index in [4.69, 9.17) is 5.73 Å². The molecule has 3 nitrogen and oxygen atoms in total. The number of hydrogen-bond donors (Lipinski definition) is 2. The van der Waals surface area contributed by atoms with Gasteiger partial charge in [-0.1, -0.05) is 30.7 Å². The molecule has 94 valence electrons. The van der Waals surface area contributed by atoms with Crippen molar-refractivity contribution in [1.82, 2.24) is 4.98 Å². The van der Waals surface area contributed by atoms with Gasteiger partial charge in [0.1, 0.15) is 0 Å². The van der Waals surface area contributed by atoms with Crippen LogP contribution in [0.4, 0.5) is 0 Å². The Kier molecular flexibility index (Phi) is 2.80. The fourth-order valence-corrected chi connectivity index (χ4v) is 2.91. The zero-order valence-corrected chi connectivity index (χ0v) is 10.3. The first-order valence-electron chi connectivity index (χ1n) is 6.48. The molecule has 1 saturated carbocycles. The van der Waals surface area contributed by atoms with E-state index < -0.39 is 6.10 Å². The lowest BCUT2D eigenvalue weighted by molar-refractivity contribution is -0.0289. The van der Waals surface area contributed by atoms with E-state index in [0.29, 0.717) is 6.54 Å². The van der Waals surface area contributed by atoms with Gasteiger partial charge in [-0.15, -0.1) is 0 Å². The third-order valence-electron chi connectivity index (χ3n) is 4.33. The highest BCUT2D eigenvalue weighted by molar-refractivity contribution is 5.85. The molecule has 2 aromatic rings. The van der Waals surface area contributed by atoms with Crippen LogP contribution in [-0.4, -0.2) is 16.6 Å². The first-order chi connectivity index (χ1) is 8.77. The molecule has 1 atom stereocenters. The Morgan fingerprint density at radius 3 is 2.72 bits per heavy atom. The number of nitrogens with zero attached hydrogens (tertiary/aromatic N) is 1. The number of aliphatic hydroxyl groups is 1. The van der Waals surface area contributed by atoms with Gasteiger partial charge in [0.2, 0.25) is 0 Å². The normalized spacial score (nSPS) is 19.4. The van der Waals surface area contributed by atoms with Gasteiger partial charge in [0.05, 0.1) is 6.10 Å². The van der Waals surface area contributed by atoms with E-state index in [1.54, 1.807) is 6.20 Å². The number of hydrogen-bond acceptors (Lipinski definition) is 3. The fraction of sp³-hybridized carbons (Fsp3) is 0.400. The second-order valence-electron chi connectivity index (χ2n) is 5.27. The molecule has 1 aliphatic rings. The van der Waals surface area contributed by atoms with Crippen LogP contribution in [-0.2, 0) is 0 Å². The Morgan fingerprint density at radius 2 is 2.06 bits per heavy atom. The number of benzene rings is 1. The van der Waals surface area contributed by atoms with Crippen LogP contribution in [0.1, 0.15) is 30.9 Å². The van der Waals surface area contributed by atoms with E-state index in [-0.39, 0.29) is 5.41 Å². The lowest BCUT2D eigenvalue weighted by Gasteiger charge is -2.45. The Labute approximate surface area is 107 Å². The summed E-state index contributed by atoms with van der Waals surface area (Å²) in [6.07, 6.45) is 6.29. The monoisotopic (exact) mass is 242 g/mol. The zero-order chi connectivity index (χ0) is 12.6. The maximum Gasteiger partial charge on any atom is 0.0879 e. The molecule has 0 amide bonds. The van der Waals surface area contributed by atoms with Gasteiger partial charge in [0.25, 0.3) is 0 Å². The highest BCUT2D eigenvalue weighted by atomic mass is 16.3. The minimum Gasteiger partial charge on any atom is -0.388 e. The number of nitrogens with two attached hydrogens (primary N) is 1. The Morgan fingerprint density at radius 1 is 1.28 bits per heavy atom. The molecule has 1 aliphatic carbocycles. The van der Waals surface area contributed by atoms with Crippen LogP contribution in [0.3, 0.4) is 0 Å². The van der Waals surface area contributed by atoms with Crippen LogP contribution in [0.15, 0.2) is 36.7 Å². The summed E-state index contributed by atoms with van der Waals surface area (Å²) in [4.78, 5) is 4.24. The molecule has 1 aromatic heterocycles. The van der Waals surface area contributed by atoms with Gasteiger partial charge < -0.3 is 10.8 Å². The third-order valence-corrected chi connectivity index (χ3v) is 4.33. The van der Waals surface area contributed by atoms with Gasteiger partial charge in [0, 0.05) is 35.3 Å². The topological polar surface area (TPSA) is 59.1 Å². The van der Waals surface area contributed by atoms with Crippen molar-refractivity contribution in [2.75, 3.05) is 6.54 Å². The predicted molar refractivity (Wildman–Crippen MR) is 72.0 cm³/mol. The van der Waals surface area contributed by atoms with Crippen molar-refractivity contribution in [1.29, 1.82) is 0 Å². The van der Waals surface area contributed by atoms with Crippen LogP contribution < -0.4 is 5.73 Å². The second kappa shape index (κ2) is 4.34. The third kappa shape index (κ3) is 1.62. The van der Waals surface area contributed by atoms with E-state index >= 15 is 0 Å². The first-order valence-corrected chi connectivity index (χ1v) is 6.48. The molecular weight excluding hydrogens is 224 g/mol. The van der Waals surface area contributed by atoms with Crippen molar-refractivity contribution in [3.05, 3.63) is 42.2 Å². The van der Waals surface area contributed by atoms with E-state index in [1.807, 2.05) is 30.5 Å². The molecule has 0 bridgehead atoms. The lowest BCUT2D eigenvalue weighted by atomic mass is 9.63. The van der Waals surface area contributed by atoms with Crippen molar-refractivity contribution >= 4 is 10.8 Å².